The van der Waals surface area contributed by atoms with Crippen LogP contribution in [-0.2, 0) is 0 Å². The Balaban J connectivity index is 1.84. The molecule has 0 radical (unpaired) electrons. The van der Waals surface area contributed by atoms with E-state index in [9.17, 15) is 0 Å². The lowest BCUT2D eigenvalue weighted by Crippen LogP contribution is -2.59. The highest BCUT2D eigenvalue weighted by Gasteiger charge is 2.32. The Morgan fingerprint density at radius 1 is 0.295 bits per heavy atom. The maximum atomic E-state index is 2.53. The van der Waals surface area contributed by atoms with Crippen molar-refractivity contribution in [2.24, 2.45) is 0 Å². The lowest BCUT2D eigenvalue weighted by atomic mass is 9.31. The molecule has 5 aromatic carbocycles. The predicted molar refractivity (Wildman–Crippen MR) is 198 cm³/mol. The van der Waals surface area contributed by atoms with E-state index >= 15 is 0 Å². The first-order chi connectivity index (χ1) is 20.8. The molecule has 0 bridgehead atoms. The maximum Gasteiger partial charge on any atom is 0.242 e. The molecule has 0 saturated carbocycles. The summed E-state index contributed by atoms with van der Waals surface area (Å²) in [7, 11) is 0. The summed E-state index contributed by atoms with van der Waals surface area (Å²) in [4.78, 5) is 0. The van der Waals surface area contributed by atoms with Gasteiger partial charge in [0, 0.05) is 0 Å². The molecule has 0 N–H and O–H groups in total. The number of rotatable bonds is 6. The van der Waals surface area contributed by atoms with Crippen molar-refractivity contribution in [1.82, 2.24) is 0 Å². The highest BCUT2D eigenvalue weighted by atomic mass is 14.1. The number of benzene rings is 5. The van der Waals surface area contributed by atoms with Crippen LogP contribution in [0.1, 0.15) is 66.8 Å². The highest BCUT2D eigenvalue weighted by molar-refractivity contribution is 6.99. The number of hydrogen-bond donors (Lipinski definition) is 0. The van der Waals surface area contributed by atoms with Gasteiger partial charge in [0.15, 0.2) is 0 Å². The van der Waals surface area contributed by atoms with E-state index in [-0.39, 0.29) is 13.4 Å². The molecular weight excluding hydrogens is 526 g/mol. The van der Waals surface area contributed by atoms with E-state index in [0.717, 1.165) is 0 Å². The van der Waals surface area contributed by atoms with Gasteiger partial charge in [0.25, 0.3) is 0 Å². The van der Waals surface area contributed by atoms with Gasteiger partial charge in [-0.05, 0) is 83.1 Å². The van der Waals surface area contributed by atoms with Crippen molar-refractivity contribution in [3.05, 3.63) is 140 Å². The molecule has 0 fully saturated rings. The Labute approximate surface area is 268 Å². The molecule has 0 unspecified atom stereocenters. The second-order valence-electron chi connectivity index (χ2n) is 13.8. The van der Waals surface area contributed by atoms with E-state index in [2.05, 4.69) is 156 Å². The minimum absolute atomic E-state index is 0.150. The molecule has 0 aliphatic rings. The van der Waals surface area contributed by atoms with E-state index < -0.39 is 0 Å². The van der Waals surface area contributed by atoms with Crippen LogP contribution < -0.4 is 32.8 Å². The molecule has 0 spiro atoms. The quantitative estimate of drug-likeness (QED) is 0.206. The van der Waals surface area contributed by atoms with Crippen molar-refractivity contribution in [2.75, 3.05) is 0 Å². The van der Waals surface area contributed by atoms with Crippen LogP contribution in [-0.4, -0.2) is 13.4 Å². The van der Waals surface area contributed by atoms with Gasteiger partial charge in [0.05, 0.1) is 0 Å². The number of hydrogen-bond acceptors (Lipinski definition) is 0. The smallest absolute Gasteiger partial charge is 0.0717 e. The molecule has 0 saturated heterocycles. The molecule has 44 heavy (non-hydrogen) atoms. The van der Waals surface area contributed by atoms with Crippen molar-refractivity contribution in [3.8, 4) is 0 Å². The average Bonchev–Trinajstić information content (AvgIpc) is 2.89. The highest BCUT2D eigenvalue weighted by Crippen LogP contribution is 2.15. The first kappa shape index (κ1) is 31.6. The lowest BCUT2D eigenvalue weighted by Gasteiger charge is -2.27. The number of aryl methyl sites for hydroxylation is 12. The van der Waals surface area contributed by atoms with Crippen LogP contribution in [0.3, 0.4) is 0 Å². The van der Waals surface area contributed by atoms with Crippen LogP contribution in [0.4, 0.5) is 0 Å². The third kappa shape index (κ3) is 5.97. The topological polar surface area (TPSA) is 0 Å². The summed E-state index contributed by atoms with van der Waals surface area (Å²) in [5.74, 6) is 0. The zero-order valence-corrected chi connectivity index (χ0v) is 29.1. The zero-order valence-electron chi connectivity index (χ0n) is 29.1. The van der Waals surface area contributed by atoms with Gasteiger partial charge in [-0.1, -0.05) is 172 Å². The summed E-state index contributed by atoms with van der Waals surface area (Å²) >= 11 is 0. The molecule has 0 atom stereocenters. The van der Waals surface area contributed by atoms with Crippen molar-refractivity contribution in [3.63, 3.8) is 0 Å². The minimum atomic E-state index is 0.150. The summed E-state index contributed by atoms with van der Waals surface area (Å²) in [5.41, 5.74) is 24.7. The van der Waals surface area contributed by atoms with E-state index in [1.807, 2.05) is 0 Å². The normalized spacial score (nSPS) is 11.2. The van der Waals surface area contributed by atoms with E-state index in [0.29, 0.717) is 0 Å². The molecule has 0 aromatic heterocycles. The van der Waals surface area contributed by atoms with Crippen molar-refractivity contribution >= 4 is 46.2 Å². The molecule has 0 heterocycles. The fourth-order valence-electron chi connectivity index (χ4n) is 8.46. The molecule has 5 rings (SSSR count). The fraction of sp³-hybridized carbons (Fsp3) is 0.286. The van der Waals surface area contributed by atoms with E-state index in [1.165, 1.54) is 99.5 Å². The van der Waals surface area contributed by atoms with Crippen LogP contribution in [0.5, 0.6) is 0 Å². The molecule has 0 amide bonds. The Morgan fingerprint density at radius 2 is 0.500 bits per heavy atom. The summed E-state index contributed by atoms with van der Waals surface area (Å²) in [5, 5.41) is 0. The largest absolute Gasteiger partial charge is 0.242 e. The molecule has 0 nitrogen and oxygen atoms in total. The summed E-state index contributed by atoms with van der Waals surface area (Å²) in [6, 6.07) is 28.5. The van der Waals surface area contributed by atoms with E-state index in [4.69, 9.17) is 0 Å². The summed E-state index contributed by atoms with van der Waals surface area (Å²) in [6.45, 7) is 27.5. The minimum Gasteiger partial charge on any atom is -0.0717 e. The Hall–Kier alpha value is -3.77. The lowest BCUT2D eigenvalue weighted by molar-refractivity contribution is 1.34. The predicted octanol–water partition coefficient (Wildman–Crippen LogP) is 6.42. The second-order valence-corrected chi connectivity index (χ2v) is 13.8. The fourth-order valence-corrected chi connectivity index (χ4v) is 8.46. The van der Waals surface area contributed by atoms with Crippen molar-refractivity contribution in [1.29, 1.82) is 0 Å². The maximum absolute atomic E-state index is 2.53. The van der Waals surface area contributed by atoms with Gasteiger partial charge in [-0.25, -0.2) is 0 Å². The van der Waals surface area contributed by atoms with Crippen molar-refractivity contribution in [2.45, 2.75) is 83.1 Å². The van der Waals surface area contributed by atoms with Crippen LogP contribution in [0.15, 0.2) is 72.8 Å². The Kier molecular flexibility index (Phi) is 8.86. The first-order valence-electron chi connectivity index (χ1n) is 16.2. The third-order valence-electron chi connectivity index (χ3n) is 9.68. The molecule has 222 valence electrons. The zero-order chi connectivity index (χ0) is 32.0. The molecule has 0 aliphatic carbocycles. The molecule has 2 heteroatoms. The SMILES string of the molecule is Cc1cc(C)c(B(c2cccc(B(c3c(C)cc(C)cc3C)c3c(C)cc(C)cc3C)c2)c2c(C)cc(C)cc2C)c(C)c1. The van der Waals surface area contributed by atoms with Gasteiger partial charge in [0.2, 0.25) is 13.4 Å². The van der Waals surface area contributed by atoms with E-state index in [1.54, 1.807) is 0 Å². The first-order valence-corrected chi connectivity index (χ1v) is 16.2. The Bertz CT molecular complexity index is 1550. The average molecular weight is 574 g/mol. The van der Waals surface area contributed by atoms with Gasteiger partial charge in [-0.3, -0.25) is 0 Å². The van der Waals surface area contributed by atoms with Gasteiger partial charge >= 0.3 is 0 Å². The summed E-state index contributed by atoms with van der Waals surface area (Å²) in [6.07, 6.45) is 0. The van der Waals surface area contributed by atoms with Gasteiger partial charge in [0.1, 0.15) is 0 Å². The van der Waals surface area contributed by atoms with Crippen LogP contribution in [0.2, 0.25) is 0 Å². The van der Waals surface area contributed by atoms with Crippen LogP contribution in [0, 0.1) is 83.1 Å². The van der Waals surface area contributed by atoms with Crippen LogP contribution >= 0.6 is 0 Å². The van der Waals surface area contributed by atoms with Gasteiger partial charge in [-0.2, -0.15) is 0 Å². The van der Waals surface area contributed by atoms with Crippen molar-refractivity contribution < 1.29 is 0 Å². The monoisotopic (exact) mass is 574 g/mol. The second kappa shape index (κ2) is 12.3. The molecule has 0 aliphatic heterocycles. The van der Waals surface area contributed by atoms with Gasteiger partial charge in [-0.15, -0.1) is 0 Å². The molecule has 5 aromatic rings. The van der Waals surface area contributed by atoms with Gasteiger partial charge < -0.3 is 0 Å². The standard InChI is InChI=1S/C42H48B2/c1-25-16-29(5)39(30(6)17-25)43(40-31(7)18-26(2)19-32(40)8)37-14-13-15-38(24-37)44(41-33(9)20-27(3)21-34(41)10)42-35(11)22-28(4)23-36(42)12/h13-24H,1-12H3. The molecular formula is C42H48B2. The van der Waals surface area contributed by atoms with Crippen LogP contribution in [0.25, 0.3) is 0 Å². The Morgan fingerprint density at radius 3 is 0.705 bits per heavy atom. The third-order valence-corrected chi connectivity index (χ3v) is 9.68. The summed E-state index contributed by atoms with van der Waals surface area (Å²) < 4.78 is 0.